The molecule has 2 aromatic heterocycles. The molecular formula is C23H24FN5O. The molecule has 1 aliphatic heterocycles. The van der Waals surface area contributed by atoms with Crippen molar-refractivity contribution < 1.29 is 9.18 Å². The van der Waals surface area contributed by atoms with Crippen LogP contribution in [0.4, 0.5) is 10.2 Å². The third-order valence-electron chi connectivity index (χ3n) is 5.41. The summed E-state index contributed by atoms with van der Waals surface area (Å²) in [5, 5.41) is 6.12. The average Bonchev–Trinajstić information content (AvgIpc) is 3.17. The number of fused-ring (bicyclic) bond motifs is 2. The molecule has 154 valence electrons. The summed E-state index contributed by atoms with van der Waals surface area (Å²) in [5.74, 6) is 0.0431. The van der Waals surface area contributed by atoms with E-state index >= 15 is 4.39 Å². The van der Waals surface area contributed by atoms with Crippen molar-refractivity contribution in [1.29, 1.82) is 0 Å². The van der Waals surface area contributed by atoms with Gasteiger partial charge in [-0.05, 0) is 38.5 Å². The predicted molar refractivity (Wildman–Crippen MR) is 117 cm³/mol. The van der Waals surface area contributed by atoms with Crippen LogP contribution in [0.2, 0.25) is 0 Å². The molecule has 30 heavy (non-hydrogen) atoms. The Labute approximate surface area is 174 Å². The van der Waals surface area contributed by atoms with E-state index in [-0.39, 0.29) is 17.9 Å². The standard InChI is InChI=1S/C23H24FN5O/c1-5-7-14-11-25-23(30)15-10-18(28-20(14)15)19-16(24)8-9-17-21(19)29-22(13(4)27-17)26-12(3)6-2/h5-6,8-10,12,14,28H,1-2,7,11H2,3-4H3,(H,25,30)(H,26,29)/t12-,14-/m0/s1. The van der Waals surface area contributed by atoms with Crippen LogP contribution in [-0.4, -0.2) is 33.4 Å². The van der Waals surface area contributed by atoms with E-state index in [2.05, 4.69) is 38.7 Å². The molecule has 0 unspecified atom stereocenters. The fraction of sp³-hybridized carbons (Fsp3) is 0.261. The SMILES string of the molecule is C=CC[C@H]1CNC(=O)c2cc(-c3c(F)ccc4nc(C)c(N[C@@H](C)C=C)nc34)[nH]c21. The van der Waals surface area contributed by atoms with Gasteiger partial charge in [0.05, 0.1) is 28.0 Å². The molecule has 4 rings (SSSR count). The van der Waals surface area contributed by atoms with Gasteiger partial charge in [0, 0.05) is 24.2 Å². The number of carbonyl (C=O) groups excluding carboxylic acids is 1. The minimum absolute atomic E-state index is 0.0198. The van der Waals surface area contributed by atoms with Gasteiger partial charge in [-0.1, -0.05) is 12.2 Å². The minimum atomic E-state index is -0.428. The summed E-state index contributed by atoms with van der Waals surface area (Å²) in [6.07, 6.45) is 4.28. The summed E-state index contributed by atoms with van der Waals surface area (Å²) < 4.78 is 15.0. The van der Waals surface area contributed by atoms with E-state index in [4.69, 9.17) is 0 Å². The third-order valence-corrected chi connectivity index (χ3v) is 5.41. The smallest absolute Gasteiger partial charge is 0.253 e. The maximum absolute atomic E-state index is 15.0. The van der Waals surface area contributed by atoms with Crippen LogP contribution < -0.4 is 10.6 Å². The van der Waals surface area contributed by atoms with Crippen molar-refractivity contribution in [1.82, 2.24) is 20.3 Å². The molecular weight excluding hydrogens is 381 g/mol. The van der Waals surface area contributed by atoms with Crippen molar-refractivity contribution in [3.63, 3.8) is 0 Å². The maximum atomic E-state index is 15.0. The molecule has 0 bridgehead atoms. The normalized spacial score (nSPS) is 16.6. The highest BCUT2D eigenvalue weighted by molar-refractivity contribution is 6.00. The molecule has 1 aromatic carbocycles. The number of carbonyl (C=O) groups is 1. The van der Waals surface area contributed by atoms with E-state index in [1.165, 1.54) is 6.07 Å². The second-order valence-electron chi connectivity index (χ2n) is 7.56. The fourth-order valence-corrected chi connectivity index (χ4v) is 3.78. The van der Waals surface area contributed by atoms with E-state index < -0.39 is 5.82 Å². The molecule has 7 heteroatoms. The topological polar surface area (TPSA) is 82.7 Å². The van der Waals surface area contributed by atoms with Gasteiger partial charge in [-0.25, -0.2) is 14.4 Å². The Kier molecular flexibility index (Phi) is 5.11. The van der Waals surface area contributed by atoms with Crippen molar-refractivity contribution in [2.45, 2.75) is 32.2 Å². The maximum Gasteiger partial charge on any atom is 0.253 e. The molecule has 0 saturated heterocycles. The Morgan fingerprint density at radius 3 is 2.90 bits per heavy atom. The van der Waals surface area contributed by atoms with Gasteiger partial charge in [0.15, 0.2) is 0 Å². The number of halogens is 1. The summed E-state index contributed by atoms with van der Waals surface area (Å²) in [6.45, 7) is 11.9. The van der Waals surface area contributed by atoms with Gasteiger partial charge in [0.1, 0.15) is 17.2 Å². The van der Waals surface area contributed by atoms with Gasteiger partial charge < -0.3 is 15.6 Å². The van der Waals surface area contributed by atoms with Crippen LogP contribution >= 0.6 is 0 Å². The van der Waals surface area contributed by atoms with E-state index in [9.17, 15) is 4.79 Å². The highest BCUT2D eigenvalue weighted by atomic mass is 19.1. The number of rotatable bonds is 6. The lowest BCUT2D eigenvalue weighted by Gasteiger charge is -2.21. The van der Waals surface area contributed by atoms with Crippen LogP contribution in [-0.2, 0) is 0 Å². The molecule has 2 atom stereocenters. The number of allylic oxidation sites excluding steroid dienone is 1. The van der Waals surface area contributed by atoms with Crippen molar-refractivity contribution in [2.75, 3.05) is 11.9 Å². The first-order valence-corrected chi connectivity index (χ1v) is 9.91. The molecule has 0 saturated carbocycles. The molecule has 3 heterocycles. The summed E-state index contributed by atoms with van der Waals surface area (Å²) in [7, 11) is 0. The summed E-state index contributed by atoms with van der Waals surface area (Å²) >= 11 is 0. The second kappa shape index (κ2) is 7.74. The zero-order valence-corrected chi connectivity index (χ0v) is 17.1. The van der Waals surface area contributed by atoms with Crippen molar-refractivity contribution in [3.05, 3.63) is 66.3 Å². The number of hydrogen-bond acceptors (Lipinski definition) is 4. The Bertz CT molecular complexity index is 1170. The Morgan fingerprint density at radius 1 is 1.37 bits per heavy atom. The largest absolute Gasteiger partial charge is 0.363 e. The summed E-state index contributed by atoms with van der Waals surface area (Å²) in [5.41, 5.74) is 3.86. The van der Waals surface area contributed by atoms with Crippen LogP contribution in [0, 0.1) is 12.7 Å². The monoisotopic (exact) mass is 405 g/mol. The van der Waals surface area contributed by atoms with E-state index in [1.807, 2.05) is 19.9 Å². The zero-order valence-electron chi connectivity index (χ0n) is 17.1. The van der Waals surface area contributed by atoms with E-state index in [0.29, 0.717) is 52.3 Å². The first-order chi connectivity index (χ1) is 14.4. The number of anilines is 1. The second-order valence-corrected chi connectivity index (χ2v) is 7.56. The van der Waals surface area contributed by atoms with Crippen LogP contribution in [0.5, 0.6) is 0 Å². The number of aryl methyl sites for hydroxylation is 1. The first kappa shape index (κ1) is 19.8. The quantitative estimate of drug-likeness (QED) is 0.529. The van der Waals surface area contributed by atoms with E-state index in [0.717, 1.165) is 5.69 Å². The van der Waals surface area contributed by atoms with Gasteiger partial charge in [-0.15, -0.1) is 13.2 Å². The Morgan fingerprint density at radius 2 is 2.17 bits per heavy atom. The van der Waals surface area contributed by atoms with Crippen molar-refractivity contribution in [2.24, 2.45) is 0 Å². The number of H-pyrrole nitrogens is 1. The van der Waals surface area contributed by atoms with E-state index in [1.54, 1.807) is 18.2 Å². The van der Waals surface area contributed by atoms with Gasteiger partial charge in [-0.2, -0.15) is 0 Å². The highest BCUT2D eigenvalue weighted by Gasteiger charge is 2.28. The molecule has 1 amide bonds. The molecule has 3 N–H and O–H groups in total. The van der Waals surface area contributed by atoms with Crippen LogP contribution in [0.3, 0.4) is 0 Å². The number of nitrogens with zero attached hydrogens (tertiary/aromatic N) is 2. The highest BCUT2D eigenvalue weighted by Crippen LogP contribution is 2.35. The lowest BCUT2D eigenvalue weighted by Crippen LogP contribution is -2.34. The number of aromatic nitrogens is 3. The molecule has 0 fully saturated rings. The minimum Gasteiger partial charge on any atom is -0.363 e. The van der Waals surface area contributed by atoms with Gasteiger partial charge >= 0.3 is 0 Å². The first-order valence-electron chi connectivity index (χ1n) is 9.91. The lowest BCUT2D eigenvalue weighted by molar-refractivity contribution is 0.0940. The number of aromatic amines is 1. The predicted octanol–water partition coefficient (Wildman–Crippen LogP) is 4.46. The van der Waals surface area contributed by atoms with Crippen molar-refractivity contribution >= 4 is 22.8 Å². The third kappa shape index (κ3) is 3.36. The van der Waals surface area contributed by atoms with Gasteiger partial charge in [-0.3, -0.25) is 4.79 Å². The summed E-state index contributed by atoms with van der Waals surface area (Å²) in [6, 6.07) is 4.67. The molecule has 3 aromatic rings. The molecule has 1 aliphatic rings. The number of amides is 1. The summed E-state index contributed by atoms with van der Waals surface area (Å²) in [4.78, 5) is 24.9. The molecule has 0 aliphatic carbocycles. The van der Waals surface area contributed by atoms with Gasteiger partial charge in [0.2, 0.25) is 0 Å². The molecule has 0 spiro atoms. The van der Waals surface area contributed by atoms with Crippen molar-refractivity contribution in [3.8, 4) is 11.3 Å². The number of benzene rings is 1. The Hall–Kier alpha value is -3.48. The average molecular weight is 405 g/mol. The zero-order chi connectivity index (χ0) is 21.4. The van der Waals surface area contributed by atoms with Crippen LogP contribution in [0.1, 0.15) is 41.0 Å². The lowest BCUT2D eigenvalue weighted by atomic mass is 9.94. The van der Waals surface area contributed by atoms with Crippen LogP contribution in [0.15, 0.2) is 43.5 Å². The van der Waals surface area contributed by atoms with Crippen LogP contribution in [0.25, 0.3) is 22.3 Å². The Balaban J connectivity index is 1.90. The van der Waals surface area contributed by atoms with Gasteiger partial charge in [0.25, 0.3) is 5.91 Å². The fourth-order valence-electron chi connectivity index (χ4n) is 3.78. The molecule has 0 radical (unpaired) electrons. The molecule has 6 nitrogen and oxygen atoms in total. The number of hydrogen-bond donors (Lipinski definition) is 3. The number of nitrogens with one attached hydrogen (secondary N) is 3.